The first-order valence-corrected chi connectivity index (χ1v) is 12.2. The fourth-order valence-electron chi connectivity index (χ4n) is 3.79. The second-order valence-corrected chi connectivity index (χ2v) is 10.1. The summed E-state index contributed by atoms with van der Waals surface area (Å²) in [5.41, 5.74) is 3.22. The number of aryl methyl sites for hydroxylation is 1. The van der Waals surface area contributed by atoms with Crippen molar-refractivity contribution in [2.24, 2.45) is 0 Å². The first-order chi connectivity index (χ1) is 14.9. The van der Waals surface area contributed by atoms with Gasteiger partial charge in [-0.2, -0.15) is 0 Å². The molecule has 1 unspecified atom stereocenters. The van der Waals surface area contributed by atoms with Gasteiger partial charge in [0.2, 0.25) is 11.8 Å². The molecule has 8 heteroatoms. The Labute approximate surface area is 182 Å². The molecule has 0 radical (unpaired) electrons. The van der Waals surface area contributed by atoms with Gasteiger partial charge in [-0.25, -0.2) is 8.42 Å². The summed E-state index contributed by atoms with van der Waals surface area (Å²) < 4.78 is 29.5. The average Bonchev–Trinajstić information content (AvgIpc) is 3.39. The Kier molecular flexibility index (Phi) is 5.91. The minimum absolute atomic E-state index is 0.0423. The first-order valence-electron chi connectivity index (χ1n) is 10.4. The number of hydrogen-bond acceptors (Lipinski definition) is 6. The van der Waals surface area contributed by atoms with E-state index in [-0.39, 0.29) is 23.5 Å². The molecule has 2 aromatic carbocycles. The van der Waals surface area contributed by atoms with Crippen LogP contribution in [-0.4, -0.2) is 53.5 Å². The maximum absolute atomic E-state index is 13.1. The lowest BCUT2D eigenvalue weighted by atomic mass is 10.1. The smallest absolute Gasteiger partial charge is 0.254 e. The number of amides is 1. The third-order valence-electron chi connectivity index (χ3n) is 5.48. The Morgan fingerprint density at radius 3 is 2.13 bits per heavy atom. The quantitative estimate of drug-likeness (QED) is 0.581. The lowest BCUT2D eigenvalue weighted by Crippen LogP contribution is -2.41. The Bertz CT molecular complexity index is 1170. The normalized spacial score (nSPS) is 17.5. The van der Waals surface area contributed by atoms with E-state index in [0.717, 1.165) is 17.5 Å². The molecule has 31 heavy (non-hydrogen) atoms. The van der Waals surface area contributed by atoms with Gasteiger partial charge in [0, 0.05) is 29.3 Å². The highest BCUT2D eigenvalue weighted by molar-refractivity contribution is 7.91. The topological polar surface area (TPSA) is 93.4 Å². The molecule has 0 saturated carbocycles. The summed E-state index contributed by atoms with van der Waals surface area (Å²) in [6, 6.07) is 14.6. The molecule has 1 amide bonds. The molecule has 1 fully saturated rings. The SMILES string of the molecule is CCCN(C(=O)c1ccc(-c2nnc(-c3ccc(C)cc3)o2)cc1)C1CCS(=O)(=O)C1. The Hall–Kier alpha value is -3.00. The molecule has 1 atom stereocenters. The molecule has 0 spiro atoms. The van der Waals surface area contributed by atoms with Crippen LogP contribution < -0.4 is 0 Å². The number of carbonyl (C=O) groups is 1. The Morgan fingerprint density at radius 1 is 1.03 bits per heavy atom. The third kappa shape index (κ3) is 4.69. The minimum atomic E-state index is -3.06. The second-order valence-electron chi connectivity index (χ2n) is 7.91. The zero-order valence-electron chi connectivity index (χ0n) is 17.6. The Balaban J connectivity index is 1.52. The maximum atomic E-state index is 13.1. The standard InChI is InChI=1S/C23H25N3O4S/c1-3-13-26(20-12-14-31(28,29)15-20)23(27)19-10-8-18(9-11-19)22-25-24-21(30-22)17-6-4-16(2)5-7-17/h4-11,20H,3,12-15H2,1-2H3. The average molecular weight is 440 g/mol. The van der Waals surface area contributed by atoms with Crippen LogP contribution in [0.5, 0.6) is 0 Å². The number of sulfone groups is 1. The monoisotopic (exact) mass is 439 g/mol. The minimum Gasteiger partial charge on any atom is -0.416 e. The van der Waals surface area contributed by atoms with Gasteiger partial charge in [0.1, 0.15) is 0 Å². The van der Waals surface area contributed by atoms with Gasteiger partial charge >= 0.3 is 0 Å². The predicted molar refractivity (Wildman–Crippen MR) is 118 cm³/mol. The fraction of sp³-hybridized carbons (Fsp3) is 0.348. The molecule has 4 rings (SSSR count). The van der Waals surface area contributed by atoms with Crippen LogP contribution in [-0.2, 0) is 9.84 Å². The van der Waals surface area contributed by atoms with Crippen molar-refractivity contribution < 1.29 is 17.6 Å². The van der Waals surface area contributed by atoms with Gasteiger partial charge in [-0.05, 0) is 56.2 Å². The molecule has 162 valence electrons. The summed E-state index contributed by atoms with van der Waals surface area (Å²) in [6.45, 7) is 4.53. The van der Waals surface area contributed by atoms with E-state index in [9.17, 15) is 13.2 Å². The summed E-state index contributed by atoms with van der Waals surface area (Å²) in [5, 5.41) is 8.24. The van der Waals surface area contributed by atoms with Gasteiger partial charge in [0.25, 0.3) is 5.91 Å². The van der Waals surface area contributed by atoms with Crippen molar-refractivity contribution in [2.75, 3.05) is 18.1 Å². The van der Waals surface area contributed by atoms with E-state index in [1.807, 2.05) is 38.1 Å². The highest BCUT2D eigenvalue weighted by atomic mass is 32.2. The van der Waals surface area contributed by atoms with E-state index in [4.69, 9.17) is 4.42 Å². The lowest BCUT2D eigenvalue weighted by Gasteiger charge is -2.28. The molecule has 1 aliphatic rings. The predicted octanol–water partition coefficient (Wildman–Crippen LogP) is 3.75. The molecule has 0 aliphatic carbocycles. The molecule has 0 bridgehead atoms. The number of aromatic nitrogens is 2. The van der Waals surface area contributed by atoms with E-state index < -0.39 is 9.84 Å². The van der Waals surface area contributed by atoms with Gasteiger partial charge < -0.3 is 9.32 Å². The summed E-state index contributed by atoms with van der Waals surface area (Å²) in [4.78, 5) is 14.8. The maximum Gasteiger partial charge on any atom is 0.254 e. The number of hydrogen-bond donors (Lipinski definition) is 0. The zero-order valence-corrected chi connectivity index (χ0v) is 18.4. The van der Waals surface area contributed by atoms with Crippen LogP contribution in [0.25, 0.3) is 22.9 Å². The van der Waals surface area contributed by atoms with E-state index >= 15 is 0 Å². The van der Waals surface area contributed by atoms with E-state index in [1.54, 1.807) is 29.2 Å². The van der Waals surface area contributed by atoms with E-state index in [1.165, 1.54) is 0 Å². The fourth-order valence-corrected chi connectivity index (χ4v) is 5.52. The van der Waals surface area contributed by atoms with Crippen molar-refractivity contribution in [2.45, 2.75) is 32.7 Å². The van der Waals surface area contributed by atoms with Crippen LogP contribution in [0.1, 0.15) is 35.7 Å². The molecule has 1 aromatic heterocycles. The number of nitrogens with zero attached hydrogens (tertiary/aromatic N) is 3. The van der Waals surface area contributed by atoms with Crippen LogP contribution in [0, 0.1) is 6.92 Å². The molecule has 7 nitrogen and oxygen atoms in total. The molecule has 2 heterocycles. The largest absolute Gasteiger partial charge is 0.416 e. The van der Waals surface area contributed by atoms with Crippen molar-refractivity contribution in [1.82, 2.24) is 15.1 Å². The number of carbonyl (C=O) groups excluding carboxylic acids is 1. The van der Waals surface area contributed by atoms with Gasteiger partial charge in [-0.15, -0.1) is 10.2 Å². The van der Waals surface area contributed by atoms with Gasteiger partial charge in [-0.1, -0.05) is 24.6 Å². The van der Waals surface area contributed by atoms with Crippen molar-refractivity contribution in [3.8, 4) is 22.9 Å². The van der Waals surface area contributed by atoms with E-state index in [2.05, 4.69) is 10.2 Å². The van der Waals surface area contributed by atoms with Crippen LogP contribution in [0.2, 0.25) is 0 Å². The number of rotatable bonds is 6. The second kappa shape index (κ2) is 8.63. The molecule has 0 N–H and O–H groups in total. The van der Waals surface area contributed by atoms with Crippen LogP contribution >= 0.6 is 0 Å². The molecule has 3 aromatic rings. The Morgan fingerprint density at radius 2 is 1.61 bits per heavy atom. The summed E-state index contributed by atoms with van der Waals surface area (Å²) >= 11 is 0. The van der Waals surface area contributed by atoms with Crippen molar-refractivity contribution in [3.63, 3.8) is 0 Å². The molecular weight excluding hydrogens is 414 g/mol. The molecular formula is C23H25N3O4S. The van der Waals surface area contributed by atoms with Gasteiger partial charge in [-0.3, -0.25) is 4.79 Å². The highest BCUT2D eigenvalue weighted by Crippen LogP contribution is 2.25. The third-order valence-corrected chi connectivity index (χ3v) is 7.23. The number of benzene rings is 2. The van der Waals surface area contributed by atoms with Crippen LogP contribution in [0.3, 0.4) is 0 Å². The van der Waals surface area contributed by atoms with Crippen molar-refractivity contribution in [3.05, 3.63) is 59.7 Å². The summed E-state index contributed by atoms with van der Waals surface area (Å²) in [6.07, 6.45) is 1.26. The first kappa shape index (κ1) is 21.2. The van der Waals surface area contributed by atoms with Crippen LogP contribution in [0.15, 0.2) is 52.9 Å². The van der Waals surface area contributed by atoms with Crippen LogP contribution in [0.4, 0.5) is 0 Å². The van der Waals surface area contributed by atoms with Gasteiger partial charge in [0.05, 0.1) is 11.5 Å². The van der Waals surface area contributed by atoms with Crippen molar-refractivity contribution >= 4 is 15.7 Å². The van der Waals surface area contributed by atoms with Crippen molar-refractivity contribution in [1.29, 1.82) is 0 Å². The lowest BCUT2D eigenvalue weighted by molar-refractivity contribution is 0.0697. The van der Waals surface area contributed by atoms with E-state index in [0.29, 0.717) is 35.9 Å². The highest BCUT2D eigenvalue weighted by Gasteiger charge is 2.34. The summed E-state index contributed by atoms with van der Waals surface area (Å²) in [5.74, 6) is 0.848. The molecule has 1 saturated heterocycles. The summed E-state index contributed by atoms with van der Waals surface area (Å²) in [7, 11) is -3.06. The van der Waals surface area contributed by atoms with Gasteiger partial charge in [0.15, 0.2) is 9.84 Å². The molecule has 1 aliphatic heterocycles. The zero-order chi connectivity index (χ0) is 22.0.